The second-order valence-corrected chi connectivity index (χ2v) is 5.25. The van der Waals surface area contributed by atoms with Gasteiger partial charge in [-0.2, -0.15) is 0 Å². The molecule has 4 nitrogen and oxygen atoms in total. The molecule has 0 fully saturated rings. The minimum Gasteiger partial charge on any atom is -0.469 e. The fourth-order valence-corrected chi connectivity index (χ4v) is 2.70. The minimum atomic E-state index is -0.127. The van der Waals surface area contributed by atoms with Crippen LogP contribution in [-0.4, -0.2) is 24.6 Å². The first-order chi connectivity index (χ1) is 9.31. The molecule has 5 heteroatoms. The third-order valence-corrected chi connectivity index (χ3v) is 3.84. The van der Waals surface area contributed by atoms with E-state index in [1.165, 1.54) is 17.2 Å². The number of esters is 1. The molecule has 1 N–H and O–H groups in total. The highest BCUT2D eigenvalue weighted by Gasteiger charge is 2.03. The number of methoxy groups -OCH3 is 1. The second kappa shape index (κ2) is 7.09. The van der Waals surface area contributed by atoms with Gasteiger partial charge in [0.2, 0.25) is 0 Å². The number of hydrogen-bond acceptors (Lipinski definition) is 5. The summed E-state index contributed by atoms with van der Waals surface area (Å²) in [5.41, 5.74) is 0. The van der Waals surface area contributed by atoms with Crippen LogP contribution in [0.15, 0.2) is 23.7 Å². The van der Waals surface area contributed by atoms with Gasteiger partial charge in [-0.1, -0.05) is 6.42 Å². The van der Waals surface area contributed by atoms with Crippen LogP contribution in [0.25, 0.3) is 10.1 Å². The van der Waals surface area contributed by atoms with Gasteiger partial charge in [0.15, 0.2) is 0 Å². The highest BCUT2D eigenvalue weighted by Crippen LogP contribution is 2.25. The lowest BCUT2D eigenvalue weighted by atomic mass is 10.2. The van der Waals surface area contributed by atoms with Crippen molar-refractivity contribution in [2.24, 2.45) is 0 Å². The van der Waals surface area contributed by atoms with Gasteiger partial charge in [-0.15, -0.1) is 11.3 Å². The third-order valence-electron chi connectivity index (χ3n) is 2.96. The van der Waals surface area contributed by atoms with E-state index in [2.05, 4.69) is 26.5 Å². The van der Waals surface area contributed by atoms with E-state index in [1.54, 1.807) is 11.3 Å². The van der Waals surface area contributed by atoms with Gasteiger partial charge < -0.3 is 10.1 Å². The van der Waals surface area contributed by atoms with Crippen molar-refractivity contribution >= 4 is 33.2 Å². The molecule has 2 heterocycles. The van der Waals surface area contributed by atoms with Crippen LogP contribution in [0.1, 0.15) is 25.7 Å². The molecule has 0 spiro atoms. The smallest absolute Gasteiger partial charge is 0.305 e. The zero-order chi connectivity index (χ0) is 13.5. The maximum Gasteiger partial charge on any atom is 0.305 e. The van der Waals surface area contributed by atoms with Gasteiger partial charge in [0, 0.05) is 29.2 Å². The van der Waals surface area contributed by atoms with Crippen molar-refractivity contribution in [3.8, 4) is 0 Å². The number of pyridine rings is 1. The molecule has 2 aromatic rings. The molecule has 0 saturated carbocycles. The Morgan fingerprint density at radius 3 is 3.11 bits per heavy atom. The topological polar surface area (TPSA) is 51.2 Å². The molecule has 19 heavy (non-hydrogen) atoms. The number of unbranched alkanes of at least 4 members (excludes halogenated alkanes) is 2. The number of ether oxygens (including phenoxy) is 1. The summed E-state index contributed by atoms with van der Waals surface area (Å²) in [5.74, 6) is 0.824. The van der Waals surface area contributed by atoms with Crippen LogP contribution in [0.5, 0.6) is 0 Å². The number of nitrogens with one attached hydrogen (secondary N) is 1. The van der Waals surface area contributed by atoms with E-state index in [0.29, 0.717) is 6.42 Å². The summed E-state index contributed by atoms with van der Waals surface area (Å²) in [5, 5.41) is 6.61. The fraction of sp³-hybridized carbons (Fsp3) is 0.429. The first-order valence-corrected chi connectivity index (χ1v) is 7.32. The molecule has 0 saturated heterocycles. The van der Waals surface area contributed by atoms with Crippen molar-refractivity contribution in [1.29, 1.82) is 0 Å². The van der Waals surface area contributed by atoms with E-state index in [0.717, 1.165) is 31.6 Å². The van der Waals surface area contributed by atoms with Crippen LogP contribution in [0.2, 0.25) is 0 Å². The molecule has 0 aliphatic rings. The molecule has 0 aliphatic heterocycles. The Morgan fingerprint density at radius 1 is 1.37 bits per heavy atom. The number of rotatable bonds is 7. The Hall–Kier alpha value is -1.62. The van der Waals surface area contributed by atoms with E-state index in [-0.39, 0.29) is 5.97 Å². The third kappa shape index (κ3) is 3.92. The van der Waals surface area contributed by atoms with Crippen molar-refractivity contribution in [3.05, 3.63) is 23.7 Å². The van der Waals surface area contributed by atoms with E-state index in [9.17, 15) is 4.79 Å². The summed E-state index contributed by atoms with van der Waals surface area (Å²) in [6.07, 6.45) is 5.26. The lowest BCUT2D eigenvalue weighted by Gasteiger charge is -2.06. The highest BCUT2D eigenvalue weighted by molar-refractivity contribution is 7.17. The van der Waals surface area contributed by atoms with E-state index < -0.39 is 0 Å². The predicted octanol–water partition coefficient (Wildman–Crippen LogP) is 3.44. The van der Waals surface area contributed by atoms with Crippen molar-refractivity contribution in [3.63, 3.8) is 0 Å². The Bertz CT molecular complexity index is 539. The predicted molar refractivity (Wildman–Crippen MR) is 78.6 cm³/mol. The maximum absolute atomic E-state index is 10.9. The Kier molecular flexibility index (Phi) is 5.15. The average molecular weight is 278 g/mol. The van der Waals surface area contributed by atoms with Crippen molar-refractivity contribution in [2.45, 2.75) is 25.7 Å². The number of fused-ring (bicyclic) bond motifs is 1. The SMILES string of the molecule is COC(=O)CCCCCNc1nccc2sccc12. The summed E-state index contributed by atoms with van der Waals surface area (Å²) in [4.78, 5) is 15.3. The zero-order valence-corrected chi connectivity index (χ0v) is 11.8. The van der Waals surface area contributed by atoms with Crippen LogP contribution in [0.3, 0.4) is 0 Å². The molecule has 0 aromatic carbocycles. The molecular weight excluding hydrogens is 260 g/mol. The maximum atomic E-state index is 10.9. The fourth-order valence-electron chi connectivity index (χ4n) is 1.92. The molecule has 0 atom stereocenters. The van der Waals surface area contributed by atoms with Crippen LogP contribution < -0.4 is 5.32 Å². The standard InChI is InChI=1S/C14H18N2O2S/c1-18-13(17)5-3-2-4-8-15-14-11-7-10-19-12(11)6-9-16-14/h6-7,9-10H,2-5,8H2,1H3,(H,15,16). The van der Waals surface area contributed by atoms with E-state index >= 15 is 0 Å². The highest BCUT2D eigenvalue weighted by atomic mass is 32.1. The van der Waals surface area contributed by atoms with Gasteiger partial charge in [0.25, 0.3) is 0 Å². The number of hydrogen-bond donors (Lipinski definition) is 1. The van der Waals surface area contributed by atoms with Gasteiger partial charge in [-0.25, -0.2) is 4.98 Å². The second-order valence-electron chi connectivity index (χ2n) is 4.31. The quantitative estimate of drug-likeness (QED) is 0.622. The van der Waals surface area contributed by atoms with Crippen LogP contribution in [-0.2, 0) is 9.53 Å². The molecule has 0 radical (unpaired) electrons. The van der Waals surface area contributed by atoms with Gasteiger partial charge in [-0.3, -0.25) is 4.79 Å². The Balaban J connectivity index is 1.71. The zero-order valence-electron chi connectivity index (χ0n) is 11.0. The Morgan fingerprint density at radius 2 is 2.26 bits per heavy atom. The normalized spacial score (nSPS) is 10.6. The summed E-state index contributed by atoms with van der Waals surface area (Å²) < 4.78 is 5.85. The largest absolute Gasteiger partial charge is 0.469 e. The first-order valence-electron chi connectivity index (χ1n) is 6.44. The number of carbonyl (C=O) groups excluding carboxylic acids is 1. The lowest BCUT2D eigenvalue weighted by molar-refractivity contribution is -0.140. The van der Waals surface area contributed by atoms with Crippen molar-refractivity contribution in [1.82, 2.24) is 4.98 Å². The molecule has 0 aliphatic carbocycles. The van der Waals surface area contributed by atoms with E-state index in [4.69, 9.17) is 0 Å². The van der Waals surface area contributed by atoms with Gasteiger partial charge in [0.1, 0.15) is 5.82 Å². The monoisotopic (exact) mass is 278 g/mol. The van der Waals surface area contributed by atoms with Gasteiger partial charge in [-0.05, 0) is 30.4 Å². The number of aromatic nitrogens is 1. The summed E-state index contributed by atoms with van der Waals surface area (Å²) in [7, 11) is 1.43. The summed E-state index contributed by atoms with van der Waals surface area (Å²) in [6, 6.07) is 4.12. The molecule has 0 bridgehead atoms. The first kappa shape index (κ1) is 13.8. The average Bonchev–Trinajstić information content (AvgIpc) is 2.91. The molecule has 0 amide bonds. The van der Waals surface area contributed by atoms with Crippen LogP contribution >= 0.6 is 11.3 Å². The molecule has 102 valence electrons. The number of carbonyl (C=O) groups is 1. The number of thiophene rings is 1. The van der Waals surface area contributed by atoms with Crippen molar-refractivity contribution < 1.29 is 9.53 Å². The van der Waals surface area contributed by atoms with Crippen molar-refractivity contribution in [2.75, 3.05) is 19.0 Å². The molecular formula is C14H18N2O2S. The van der Waals surface area contributed by atoms with Crippen LogP contribution in [0, 0.1) is 0 Å². The number of nitrogens with zero attached hydrogens (tertiary/aromatic N) is 1. The summed E-state index contributed by atoms with van der Waals surface area (Å²) in [6.45, 7) is 0.878. The lowest BCUT2D eigenvalue weighted by Crippen LogP contribution is -2.04. The van der Waals surface area contributed by atoms with Crippen LogP contribution in [0.4, 0.5) is 5.82 Å². The van der Waals surface area contributed by atoms with Gasteiger partial charge >= 0.3 is 5.97 Å². The van der Waals surface area contributed by atoms with Gasteiger partial charge in [0.05, 0.1) is 7.11 Å². The summed E-state index contributed by atoms with van der Waals surface area (Å²) >= 11 is 1.72. The minimum absolute atomic E-state index is 0.127. The molecule has 0 unspecified atom stereocenters. The Labute approximate surface area is 116 Å². The van der Waals surface area contributed by atoms with E-state index in [1.807, 2.05) is 12.3 Å². The number of anilines is 1. The molecule has 2 rings (SSSR count). The molecule has 2 aromatic heterocycles.